The molecule has 0 saturated carbocycles. The molecule has 0 atom stereocenters. The zero-order valence-corrected chi connectivity index (χ0v) is 13.5. The molecule has 0 unspecified atom stereocenters. The van der Waals surface area contributed by atoms with Crippen molar-refractivity contribution < 1.29 is 4.79 Å². The highest BCUT2D eigenvalue weighted by Gasteiger charge is 2.20. The number of nitrogens with two attached hydrogens (primary N) is 1. The molecule has 1 amide bonds. The van der Waals surface area contributed by atoms with Crippen molar-refractivity contribution in [3.8, 4) is 0 Å². The number of rotatable bonds is 4. The Morgan fingerprint density at radius 2 is 2.00 bits per heavy atom. The van der Waals surface area contributed by atoms with Crippen LogP contribution in [0.5, 0.6) is 0 Å². The number of pyridine rings is 1. The summed E-state index contributed by atoms with van der Waals surface area (Å²) in [4.78, 5) is 20.4. The highest BCUT2D eigenvalue weighted by molar-refractivity contribution is 5.93. The summed E-state index contributed by atoms with van der Waals surface area (Å²) >= 11 is 0. The predicted octanol–water partition coefficient (Wildman–Crippen LogP) is 1.27. The van der Waals surface area contributed by atoms with Gasteiger partial charge in [-0.05, 0) is 6.07 Å². The van der Waals surface area contributed by atoms with Gasteiger partial charge in [-0.15, -0.1) is 0 Å². The Hall–Kier alpha value is -2.34. The molecule has 1 aromatic heterocycles. The maximum atomic E-state index is 11.5. The van der Waals surface area contributed by atoms with Crippen molar-refractivity contribution in [2.75, 3.05) is 49.5 Å². The van der Waals surface area contributed by atoms with E-state index in [1.165, 1.54) is 0 Å². The molecule has 6 nitrogen and oxygen atoms in total. The number of nitrogens with one attached hydrogen (secondary N) is 1. The lowest BCUT2D eigenvalue weighted by atomic mass is 10.1. The van der Waals surface area contributed by atoms with Crippen LogP contribution >= 0.6 is 0 Å². The molecule has 2 aromatic rings. The Balaban J connectivity index is 1.87. The summed E-state index contributed by atoms with van der Waals surface area (Å²) < 4.78 is 0. The molecule has 0 aliphatic carbocycles. The number of nitrogens with zero attached hydrogens (tertiary/aromatic N) is 3. The van der Waals surface area contributed by atoms with Gasteiger partial charge in [-0.2, -0.15) is 0 Å². The van der Waals surface area contributed by atoms with Gasteiger partial charge in [0.15, 0.2) is 0 Å². The van der Waals surface area contributed by atoms with E-state index >= 15 is 0 Å². The van der Waals surface area contributed by atoms with Gasteiger partial charge in [-0.1, -0.05) is 18.2 Å². The smallest absolute Gasteiger partial charge is 0.219 e. The summed E-state index contributed by atoms with van der Waals surface area (Å²) in [5.74, 6) is 1.09. The molecule has 1 aromatic carbocycles. The first-order valence-electron chi connectivity index (χ1n) is 8.03. The van der Waals surface area contributed by atoms with Crippen molar-refractivity contribution in [2.45, 2.75) is 6.92 Å². The molecule has 0 bridgehead atoms. The first-order valence-corrected chi connectivity index (χ1v) is 8.03. The number of anilines is 2. The van der Waals surface area contributed by atoms with Crippen LogP contribution in [0.25, 0.3) is 10.9 Å². The van der Waals surface area contributed by atoms with Gasteiger partial charge in [0.1, 0.15) is 5.82 Å². The van der Waals surface area contributed by atoms with Gasteiger partial charge in [0.05, 0.1) is 5.52 Å². The third-order valence-electron chi connectivity index (χ3n) is 4.21. The van der Waals surface area contributed by atoms with Crippen LogP contribution in [-0.2, 0) is 4.79 Å². The average Bonchev–Trinajstić information content (AvgIpc) is 2.59. The van der Waals surface area contributed by atoms with Gasteiger partial charge in [0.2, 0.25) is 5.91 Å². The molecule has 1 fully saturated rings. The fraction of sp³-hybridized carbons (Fsp3) is 0.412. The number of carbonyl (C=O) groups excluding carboxylic acids is 1. The number of hydrogen-bond donors (Lipinski definition) is 2. The monoisotopic (exact) mass is 313 g/mol. The highest BCUT2D eigenvalue weighted by Crippen LogP contribution is 2.27. The molecule has 1 saturated heterocycles. The van der Waals surface area contributed by atoms with Crippen LogP contribution in [0.15, 0.2) is 30.3 Å². The second kappa shape index (κ2) is 6.83. The molecule has 23 heavy (non-hydrogen) atoms. The van der Waals surface area contributed by atoms with Crippen molar-refractivity contribution in [3.05, 3.63) is 30.3 Å². The van der Waals surface area contributed by atoms with E-state index in [2.05, 4.69) is 22.3 Å². The van der Waals surface area contributed by atoms with Crippen molar-refractivity contribution in [1.29, 1.82) is 0 Å². The molecule has 3 N–H and O–H groups in total. The summed E-state index contributed by atoms with van der Waals surface area (Å²) in [6.07, 6.45) is 0. The summed E-state index contributed by atoms with van der Waals surface area (Å²) in [7, 11) is 0. The van der Waals surface area contributed by atoms with Crippen LogP contribution in [0, 0.1) is 0 Å². The molecule has 122 valence electrons. The Morgan fingerprint density at radius 3 is 2.70 bits per heavy atom. The van der Waals surface area contributed by atoms with Gasteiger partial charge in [-0.25, -0.2) is 4.98 Å². The van der Waals surface area contributed by atoms with Gasteiger partial charge in [0, 0.05) is 63.3 Å². The number of benzene rings is 1. The van der Waals surface area contributed by atoms with Crippen LogP contribution < -0.4 is 16.0 Å². The van der Waals surface area contributed by atoms with Gasteiger partial charge in [0.25, 0.3) is 0 Å². The maximum absolute atomic E-state index is 11.5. The Kier molecular flexibility index (Phi) is 4.62. The SMILES string of the molecule is CC(=O)N1CCN(c2cc(NCCN)c3ccccc3n2)CC1. The van der Waals surface area contributed by atoms with E-state index in [0.29, 0.717) is 6.54 Å². The number of aromatic nitrogens is 1. The fourth-order valence-corrected chi connectivity index (χ4v) is 2.93. The van der Waals surface area contributed by atoms with Crippen molar-refractivity contribution in [1.82, 2.24) is 9.88 Å². The van der Waals surface area contributed by atoms with Gasteiger partial charge >= 0.3 is 0 Å². The van der Waals surface area contributed by atoms with E-state index in [1.807, 2.05) is 23.1 Å². The highest BCUT2D eigenvalue weighted by atomic mass is 16.2. The number of hydrogen-bond acceptors (Lipinski definition) is 5. The lowest BCUT2D eigenvalue weighted by Gasteiger charge is -2.35. The minimum atomic E-state index is 0.140. The number of piperazine rings is 1. The lowest BCUT2D eigenvalue weighted by molar-refractivity contribution is -0.129. The maximum Gasteiger partial charge on any atom is 0.219 e. The number of fused-ring (bicyclic) bond motifs is 1. The van der Waals surface area contributed by atoms with E-state index in [9.17, 15) is 4.79 Å². The quantitative estimate of drug-likeness (QED) is 0.889. The van der Waals surface area contributed by atoms with Gasteiger partial charge < -0.3 is 20.9 Å². The summed E-state index contributed by atoms with van der Waals surface area (Å²) in [5.41, 5.74) is 7.65. The van der Waals surface area contributed by atoms with Crippen LogP contribution in [0.4, 0.5) is 11.5 Å². The summed E-state index contributed by atoms with van der Waals surface area (Å²) in [5, 5.41) is 4.49. The third kappa shape index (κ3) is 3.37. The molecule has 0 radical (unpaired) electrons. The van der Waals surface area contributed by atoms with E-state index in [-0.39, 0.29) is 5.91 Å². The van der Waals surface area contributed by atoms with Crippen molar-refractivity contribution >= 4 is 28.3 Å². The van der Waals surface area contributed by atoms with E-state index in [1.54, 1.807) is 6.92 Å². The largest absolute Gasteiger partial charge is 0.383 e. The van der Waals surface area contributed by atoms with Crippen LogP contribution in [0.1, 0.15) is 6.92 Å². The first-order chi connectivity index (χ1) is 11.2. The van der Waals surface area contributed by atoms with Crippen molar-refractivity contribution in [3.63, 3.8) is 0 Å². The predicted molar refractivity (Wildman–Crippen MR) is 93.8 cm³/mol. The zero-order chi connectivity index (χ0) is 16.2. The lowest BCUT2D eigenvalue weighted by Crippen LogP contribution is -2.48. The van der Waals surface area contributed by atoms with E-state index < -0.39 is 0 Å². The number of carbonyl (C=O) groups is 1. The molecule has 6 heteroatoms. The fourth-order valence-electron chi connectivity index (χ4n) is 2.93. The second-order valence-electron chi connectivity index (χ2n) is 5.75. The van der Waals surface area contributed by atoms with E-state index in [4.69, 9.17) is 10.7 Å². The summed E-state index contributed by atoms with van der Waals surface area (Å²) in [6.45, 7) is 6.04. The number of para-hydroxylation sites is 1. The molecule has 3 rings (SSSR count). The first kappa shape index (κ1) is 15.6. The Bertz CT molecular complexity index is 694. The average molecular weight is 313 g/mol. The van der Waals surface area contributed by atoms with Crippen LogP contribution in [-0.4, -0.2) is 55.1 Å². The molecular weight excluding hydrogens is 290 g/mol. The second-order valence-corrected chi connectivity index (χ2v) is 5.75. The van der Waals surface area contributed by atoms with Crippen LogP contribution in [0.3, 0.4) is 0 Å². The Morgan fingerprint density at radius 1 is 1.26 bits per heavy atom. The minimum Gasteiger partial charge on any atom is -0.383 e. The van der Waals surface area contributed by atoms with E-state index in [0.717, 1.165) is 55.1 Å². The normalized spacial score (nSPS) is 15.0. The zero-order valence-electron chi connectivity index (χ0n) is 13.5. The molecule has 1 aliphatic heterocycles. The number of amides is 1. The molecule has 1 aliphatic rings. The van der Waals surface area contributed by atoms with Crippen molar-refractivity contribution in [2.24, 2.45) is 5.73 Å². The molecular formula is C17H23N5O. The molecule has 0 spiro atoms. The summed E-state index contributed by atoms with van der Waals surface area (Å²) in [6, 6.07) is 10.2. The Labute approximate surface area is 136 Å². The minimum absolute atomic E-state index is 0.140. The van der Waals surface area contributed by atoms with Gasteiger partial charge in [-0.3, -0.25) is 4.79 Å². The third-order valence-corrected chi connectivity index (χ3v) is 4.21. The standard InChI is InChI=1S/C17H23N5O/c1-13(23)21-8-10-22(11-9-21)17-12-16(19-7-6-18)14-4-2-3-5-15(14)20-17/h2-5,12H,6-11,18H2,1H3,(H,19,20). The molecule has 2 heterocycles. The van der Waals surface area contributed by atoms with Crippen LogP contribution in [0.2, 0.25) is 0 Å². The topological polar surface area (TPSA) is 74.5 Å².